The second-order valence-electron chi connectivity index (χ2n) is 7.09. The van der Waals surface area contributed by atoms with Crippen molar-refractivity contribution in [3.05, 3.63) is 96.1 Å². The van der Waals surface area contributed by atoms with Gasteiger partial charge in [-0.1, -0.05) is 42.5 Å². The maximum atomic E-state index is 12.7. The van der Waals surface area contributed by atoms with Crippen molar-refractivity contribution in [2.45, 2.75) is 6.92 Å². The molecule has 0 fully saturated rings. The van der Waals surface area contributed by atoms with Crippen LogP contribution in [-0.4, -0.2) is 10.9 Å². The minimum Gasteiger partial charge on any atom is -0.436 e. The molecule has 4 nitrogen and oxygen atoms in total. The van der Waals surface area contributed by atoms with E-state index in [-0.39, 0.29) is 5.91 Å². The first-order chi connectivity index (χ1) is 14.2. The average molecular weight is 378 g/mol. The van der Waals surface area contributed by atoms with Crippen LogP contribution in [0.15, 0.2) is 89.3 Å². The fourth-order valence-electron chi connectivity index (χ4n) is 3.42. The van der Waals surface area contributed by atoms with Crippen molar-refractivity contribution in [3.8, 4) is 11.5 Å². The lowest BCUT2D eigenvalue weighted by Crippen LogP contribution is -2.11. The Kier molecular flexibility index (Phi) is 4.10. The summed E-state index contributed by atoms with van der Waals surface area (Å²) >= 11 is 0. The quantitative estimate of drug-likeness (QED) is 0.406. The zero-order valence-electron chi connectivity index (χ0n) is 15.8. The van der Waals surface area contributed by atoms with Gasteiger partial charge in [0, 0.05) is 16.8 Å². The second kappa shape index (κ2) is 6.91. The number of hydrogen-bond donors (Lipinski definition) is 1. The molecule has 5 aromatic rings. The molecule has 140 valence electrons. The molecule has 1 amide bonds. The highest BCUT2D eigenvalue weighted by molar-refractivity contribution is 6.06. The number of aromatic nitrogens is 1. The summed E-state index contributed by atoms with van der Waals surface area (Å²) in [4.78, 5) is 17.3. The predicted octanol–water partition coefficient (Wildman–Crippen LogP) is 6.21. The highest BCUT2D eigenvalue weighted by atomic mass is 16.3. The molecule has 0 aliphatic carbocycles. The van der Waals surface area contributed by atoms with Gasteiger partial charge in [-0.25, -0.2) is 4.98 Å². The first-order valence-electron chi connectivity index (χ1n) is 9.43. The number of aryl methyl sites for hydroxylation is 1. The van der Waals surface area contributed by atoms with Gasteiger partial charge < -0.3 is 9.73 Å². The molecule has 1 aromatic heterocycles. The zero-order valence-corrected chi connectivity index (χ0v) is 15.8. The fourth-order valence-corrected chi connectivity index (χ4v) is 3.42. The number of oxazole rings is 1. The van der Waals surface area contributed by atoms with Crippen LogP contribution in [0.5, 0.6) is 0 Å². The maximum absolute atomic E-state index is 12.7. The lowest BCUT2D eigenvalue weighted by molar-refractivity contribution is 0.102. The van der Waals surface area contributed by atoms with Gasteiger partial charge in [-0.2, -0.15) is 0 Å². The summed E-state index contributed by atoms with van der Waals surface area (Å²) in [6.07, 6.45) is 0. The minimum absolute atomic E-state index is 0.152. The van der Waals surface area contributed by atoms with E-state index in [0.29, 0.717) is 17.1 Å². The zero-order chi connectivity index (χ0) is 19.8. The normalized spacial score (nSPS) is 11.1. The fraction of sp³-hybridized carbons (Fsp3) is 0.0400. The number of carbonyl (C=O) groups is 1. The molecule has 4 heteroatoms. The van der Waals surface area contributed by atoms with E-state index in [9.17, 15) is 4.79 Å². The van der Waals surface area contributed by atoms with E-state index in [0.717, 1.165) is 33.0 Å². The third-order valence-electron chi connectivity index (χ3n) is 4.92. The second-order valence-corrected chi connectivity index (χ2v) is 7.09. The van der Waals surface area contributed by atoms with Crippen molar-refractivity contribution in [3.63, 3.8) is 0 Å². The molecule has 1 heterocycles. The molecule has 1 N–H and O–H groups in total. The Morgan fingerprint density at radius 2 is 1.72 bits per heavy atom. The van der Waals surface area contributed by atoms with Gasteiger partial charge in [0.15, 0.2) is 5.58 Å². The standard InChI is InChI=1S/C25H18N2O2/c1-16-9-12-22-23(13-16)29-25(27-22)20-7-4-8-21(15-20)26-24(28)19-11-10-17-5-2-3-6-18(17)14-19/h2-15H,1H3,(H,26,28). The van der Waals surface area contributed by atoms with E-state index < -0.39 is 0 Å². The van der Waals surface area contributed by atoms with Crippen LogP contribution < -0.4 is 5.32 Å². The topological polar surface area (TPSA) is 55.1 Å². The summed E-state index contributed by atoms with van der Waals surface area (Å²) < 4.78 is 5.90. The van der Waals surface area contributed by atoms with Crippen molar-refractivity contribution in [2.75, 3.05) is 5.32 Å². The van der Waals surface area contributed by atoms with Crippen molar-refractivity contribution in [1.29, 1.82) is 0 Å². The Morgan fingerprint density at radius 1 is 0.862 bits per heavy atom. The minimum atomic E-state index is -0.152. The van der Waals surface area contributed by atoms with Crippen molar-refractivity contribution >= 4 is 33.5 Å². The van der Waals surface area contributed by atoms with E-state index in [1.807, 2.05) is 91.9 Å². The highest BCUT2D eigenvalue weighted by Gasteiger charge is 2.11. The Morgan fingerprint density at radius 3 is 2.62 bits per heavy atom. The first-order valence-corrected chi connectivity index (χ1v) is 9.43. The van der Waals surface area contributed by atoms with Gasteiger partial charge in [0.05, 0.1) is 0 Å². The summed E-state index contributed by atoms with van der Waals surface area (Å²) in [6.45, 7) is 2.02. The molecule has 0 unspecified atom stereocenters. The first kappa shape index (κ1) is 17.2. The van der Waals surface area contributed by atoms with Gasteiger partial charge in [0.2, 0.25) is 5.89 Å². The third-order valence-corrected chi connectivity index (χ3v) is 4.92. The van der Waals surface area contributed by atoms with Gasteiger partial charge in [-0.3, -0.25) is 4.79 Å². The largest absolute Gasteiger partial charge is 0.436 e. The summed E-state index contributed by atoms with van der Waals surface area (Å²) in [7, 11) is 0. The van der Waals surface area contributed by atoms with E-state index in [1.165, 1.54) is 0 Å². The number of nitrogens with one attached hydrogen (secondary N) is 1. The third kappa shape index (κ3) is 3.36. The number of rotatable bonds is 3. The van der Waals surface area contributed by atoms with Gasteiger partial charge in [0.25, 0.3) is 5.91 Å². The molecule has 0 aliphatic rings. The van der Waals surface area contributed by atoms with Crippen LogP contribution >= 0.6 is 0 Å². The number of hydrogen-bond acceptors (Lipinski definition) is 3. The molecule has 5 rings (SSSR count). The Balaban J connectivity index is 1.43. The lowest BCUT2D eigenvalue weighted by Gasteiger charge is -2.07. The Labute approximate surface area is 167 Å². The van der Waals surface area contributed by atoms with E-state index in [4.69, 9.17) is 4.42 Å². The maximum Gasteiger partial charge on any atom is 0.255 e. The van der Waals surface area contributed by atoms with Gasteiger partial charge in [-0.15, -0.1) is 0 Å². The summed E-state index contributed by atoms with van der Waals surface area (Å²) in [6, 6.07) is 27.1. The van der Waals surface area contributed by atoms with Crippen LogP contribution in [0.1, 0.15) is 15.9 Å². The molecule has 29 heavy (non-hydrogen) atoms. The van der Waals surface area contributed by atoms with Crippen LogP contribution in [0.2, 0.25) is 0 Å². The van der Waals surface area contributed by atoms with Gasteiger partial charge in [-0.05, 0) is 65.7 Å². The lowest BCUT2D eigenvalue weighted by atomic mass is 10.1. The van der Waals surface area contributed by atoms with Crippen molar-refractivity contribution in [2.24, 2.45) is 0 Å². The molecule has 0 spiro atoms. The number of amides is 1. The summed E-state index contributed by atoms with van der Waals surface area (Å²) in [5.74, 6) is 0.383. The molecular formula is C25H18N2O2. The van der Waals surface area contributed by atoms with Crippen LogP contribution in [0.3, 0.4) is 0 Å². The summed E-state index contributed by atoms with van der Waals surface area (Å²) in [5.41, 5.74) is 4.82. The number of anilines is 1. The number of fused-ring (bicyclic) bond motifs is 2. The monoisotopic (exact) mass is 378 g/mol. The van der Waals surface area contributed by atoms with Crippen LogP contribution in [0, 0.1) is 6.92 Å². The molecule has 0 atom stereocenters. The van der Waals surface area contributed by atoms with Gasteiger partial charge in [0.1, 0.15) is 5.52 Å². The molecular weight excluding hydrogens is 360 g/mol. The molecule has 0 saturated heterocycles. The van der Waals surface area contributed by atoms with Crippen molar-refractivity contribution in [1.82, 2.24) is 4.98 Å². The smallest absolute Gasteiger partial charge is 0.255 e. The number of carbonyl (C=O) groups excluding carboxylic acids is 1. The number of benzene rings is 4. The molecule has 0 saturated carbocycles. The van der Waals surface area contributed by atoms with Crippen LogP contribution in [0.4, 0.5) is 5.69 Å². The SMILES string of the molecule is Cc1ccc2nc(-c3cccc(NC(=O)c4ccc5ccccc5c4)c3)oc2c1. The Hall–Kier alpha value is -3.92. The Bertz CT molecular complexity index is 1370. The molecule has 0 aliphatic heterocycles. The molecule has 0 radical (unpaired) electrons. The molecule has 4 aromatic carbocycles. The predicted molar refractivity (Wildman–Crippen MR) is 116 cm³/mol. The van der Waals surface area contributed by atoms with Crippen molar-refractivity contribution < 1.29 is 9.21 Å². The highest BCUT2D eigenvalue weighted by Crippen LogP contribution is 2.27. The summed E-state index contributed by atoms with van der Waals surface area (Å²) in [5, 5.41) is 5.11. The van der Waals surface area contributed by atoms with E-state index >= 15 is 0 Å². The van der Waals surface area contributed by atoms with E-state index in [1.54, 1.807) is 0 Å². The van der Waals surface area contributed by atoms with Crippen LogP contribution in [-0.2, 0) is 0 Å². The van der Waals surface area contributed by atoms with Crippen LogP contribution in [0.25, 0.3) is 33.3 Å². The number of nitrogens with zero attached hydrogens (tertiary/aromatic N) is 1. The van der Waals surface area contributed by atoms with Gasteiger partial charge >= 0.3 is 0 Å². The molecule has 0 bridgehead atoms. The van der Waals surface area contributed by atoms with E-state index in [2.05, 4.69) is 10.3 Å². The average Bonchev–Trinajstić information content (AvgIpc) is 3.17.